The monoisotopic (exact) mass is 329 g/mol. The third-order valence-electron chi connectivity index (χ3n) is 4.20. The Morgan fingerprint density at radius 3 is 3.21 bits per heavy atom. The minimum atomic E-state index is 0.0858. The maximum Gasteiger partial charge on any atom is 0.220 e. The molecule has 1 aliphatic heterocycles. The topological polar surface area (TPSA) is 65.4 Å². The minimum absolute atomic E-state index is 0.0858. The first-order valence-electron chi connectivity index (χ1n) is 8.28. The van der Waals surface area contributed by atoms with Gasteiger partial charge in [-0.3, -0.25) is 9.48 Å². The maximum absolute atomic E-state index is 11.9. The van der Waals surface area contributed by atoms with Crippen LogP contribution in [0.3, 0.4) is 0 Å². The molecule has 6 nitrogen and oxygen atoms in total. The van der Waals surface area contributed by atoms with E-state index in [9.17, 15) is 4.79 Å². The number of nitrogens with one attached hydrogen (secondary N) is 1. The first-order valence-corrected chi connectivity index (χ1v) is 8.28. The molecule has 2 heterocycles. The van der Waals surface area contributed by atoms with Crippen LogP contribution in [0.4, 0.5) is 0 Å². The average molecular weight is 329 g/mol. The van der Waals surface area contributed by atoms with Crippen molar-refractivity contribution in [1.82, 2.24) is 15.1 Å². The highest BCUT2D eigenvalue weighted by molar-refractivity contribution is 5.75. The van der Waals surface area contributed by atoms with Gasteiger partial charge in [0.2, 0.25) is 5.91 Å². The third kappa shape index (κ3) is 4.28. The van der Waals surface area contributed by atoms with Crippen LogP contribution in [0.5, 0.6) is 11.5 Å². The fraction of sp³-hybridized carbons (Fsp3) is 0.444. The second-order valence-corrected chi connectivity index (χ2v) is 6.03. The van der Waals surface area contributed by atoms with Crippen molar-refractivity contribution in [3.05, 3.63) is 42.2 Å². The molecule has 1 aromatic carbocycles. The summed E-state index contributed by atoms with van der Waals surface area (Å²) in [5.74, 6) is 2.08. The molecular weight excluding hydrogens is 306 g/mol. The van der Waals surface area contributed by atoms with Gasteiger partial charge in [0.05, 0.1) is 13.7 Å². The Balaban J connectivity index is 1.39. The highest BCUT2D eigenvalue weighted by atomic mass is 16.5. The molecule has 24 heavy (non-hydrogen) atoms. The normalized spacial score (nSPS) is 16.1. The largest absolute Gasteiger partial charge is 0.497 e. The van der Waals surface area contributed by atoms with Crippen LogP contribution in [0.15, 0.2) is 36.7 Å². The molecule has 0 saturated carbocycles. The average Bonchev–Trinajstić information content (AvgIpc) is 3.12. The molecule has 1 aliphatic rings. The summed E-state index contributed by atoms with van der Waals surface area (Å²) in [5, 5.41) is 7.14. The molecule has 6 heteroatoms. The molecule has 2 aromatic rings. The Hall–Kier alpha value is -2.50. The Bertz CT molecular complexity index is 670. The first-order chi connectivity index (χ1) is 11.7. The van der Waals surface area contributed by atoms with Crippen LogP contribution < -0.4 is 14.8 Å². The first kappa shape index (κ1) is 16.4. The van der Waals surface area contributed by atoms with Crippen LogP contribution in [-0.2, 0) is 17.8 Å². The predicted molar refractivity (Wildman–Crippen MR) is 90.2 cm³/mol. The highest BCUT2D eigenvalue weighted by Gasteiger charge is 2.20. The number of aryl methyl sites for hydroxylation is 1. The van der Waals surface area contributed by atoms with Gasteiger partial charge in [-0.25, -0.2) is 0 Å². The molecule has 1 aromatic heterocycles. The second kappa shape index (κ2) is 7.86. The number of amides is 1. The molecule has 1 N–H and O–H groups in total. The van der Waals surface area contributed by atoms with Crippen LogP contribution in [-0.4, -0.2) is 35.9 Å². The summed E-state index contributed by atoms with van der Waals surface area (Å²) in [5.41, 5.74) is 1.17. The number of nitrogens with zero attached hydrogens (tertiary/aromatic N) is 2. The van der Waals surface area contributed by atoms with Gasteiger partial charge in [-0.2, -0.15) is 5.10 Å². The number of methoxy groups -OCH3 is 1. The highest BCUT2D eigenvalue weighted by Crippen LogP contribution is 2.30. The molecular formula is C18H23N3O3. The molecule has 0 saturated heterocycles. The van der Waals surface area contributed by atoms with Crippen molar-refractivity contribution < 1.29 is 14.3 Å². The lowest BCUT2D eigenvalue weighted by Gasteiger charge is -2.25. The zero-order valence-electron chi connectivity index (χ0n) is 13.9. The number of fused-ring (bicyclic) bond motifs is 1. The van der Waals surface area contributed by atoms with Crippen molar-refractivity contribution in [3.8, 4) is 11.5 Å². The van der Waals surface area contributed by atoms with Crippen molar-refractivity contribution in [2.24, 2.45) is 5.92 Å². The quantitative estimate of drug-likeness (QED) is 0.844. The number of aromatic nitrogens is 2. The summed E-state index contributed by atoms with van der Waals surface area (Å²) in [7, 11) is 1.65. The summed E-state index contributed by atoms with van der Waals surface area (Å²) >= 11 is 0. The Morgan fingerprint density at radius 1 is 1.50 bits per heavy atom. The molecule has 0 unspecified atom stereocenters. The number of rotatable bonds is 7. The van der Waals surface area contributed by atoms with Crippen LogP contribution >= 0.6 is 0 Å². The van der Waals surface area contributed by atoms with Gasteiger partial charge in [0, 0.05) is 43.9 Å². The van der Waals surface area contributed by atoms with Gasteiger partial charge in [-0.15, -0.1) is 0 Å². The van der Waals surface area contributed by atoms with Crippen molar-refractivity contribution in [2.45, 2.75) is 25.8 Å². The lowest BCUT2D eigenvalue weighted by atomic mass is 9.96. The molecule has 1 amide bonds. The fourth-order valence-corrected chi connectivity index (χ4v) is 2.85. The van der Waals surface area contributed by atoms with E-state index in [0.29, 0.717) is 25.5 Å². The van der Waals surface area contributed by atoms with Crippen molar-refractivity contribution in [3.63, 3.8) is 0 Å². The van der Waals surface area contributed by atoms with Crippen molar-refractivity contribution in [1.29, 1.82) is 0 Å². The van der Waals surface area contributed by atoms with Gasteiger partial charge < -0.3 is 14.8 Å². The SMILES string of the molecule is COc1ccc2c(c1)OC[C@@H](CNC(=O)CCCn1cccn1)C2. The fourth-order valence-electron chi connectivity index (χ4n) is 2.85. The molecule has 0 spiro atoms. The van der Waals surface area contributed by atoms with Gasteiger partial charge in [0.15, 0.2) is 0 Å². The number of benzene rings is 1. The lowest BCUT2D eigenvalue weighted by molar-refractivity contribution is -0.121. The lowest BCUT2D eigenvalue weighted by Crippen LogP contribution is -2.34. The van der Waals surface area contributed by atoms with Crippen molar-refractivity contribution >= 4 is 5.91 Å². The van der Waals surface area contributed by atoms with Crippen molar-refractivity contribution in [2.75, 3.05) is 20.3 Å². The Kier molecular flexibility index (Phi) is 5.36. The molecule has 1 atom stereocenters. The summed E-state index contributed by atoms with van der Waals surface area (Å²) in [6, 6.07) is 7.78. The molecule has 0 fully saturated rings. The molecule has 0 radical (unpaired) electrons. The van der Waals surface area contributed by atoms with E-state index in [1.807, 2.05) is 35.1 Å². The van der Waals surface area contributed by atoms with E-state index in [1.54, 1.807) is 13.3 Å². The van der Waals surface area contributed by atoms with Crippen LogP contribution in [0.25, 0.3) is 0 Å². The minimum Gasteiger partial charge on any atom is -0.497 e. The van der Waals surface area contributed by atoms with E-state index in [4.69, 9.17) is 9.47 Å². The molecule has 0 aliphatic carbocycles. The van der Waals surface area contributed by atoms with E-state index in [1.165, 1.54) is 5.56 Å². The predicted octanol–water partition coefficient (Wildman–Crippen LogP) is 2.04. The van der Waals surface area contributed by atoms with Gasteiger partial charge in [-0.1, -0.05) is 6.07 Å². The second-order valence-electron chi connectivity index (χ2n) is 6.03. The van der Waals surface area contributed by atoms with Crippen LogP contribution in [0.2, 0.25) is 0 Å². The molecule has 0 bridgehead atoms. The molecule has 128 valence electrons. The summed E-state index contributed by atoms with van der Waals surface area (Å²) in [4.78, 5) is 11.9. The summed E-state index contributed by atoms with van der Waals surface area (Å²) in [6.45, 7) is 2.03. The van der Waals surface area contributed by atoms with Gasteiger partial charge in [-0.05, 0) is 30.5 Å². The standard InChI is InChI=1S/C18H23N3O3/c1-23-16-6-5-15-10-14(13-24-17(15)11-16)12-19-18(22)4-2-8-21-9-3-7-20-21/h3,5-7,9,11,14H,2,4,8,10,12-13H2,1H3,(H,19,22)/t14-/m1/s1. The maximum atomic E-state index is 11.9. The number of carbonyl (C=O) groups is 1. The van der Waals surface area contributed by atoms with E-state index in [-0.39, 0.29) is 5.91 Å². The number of hydrogen-bond donors (Lipinski definition) is 1. The van der Waals surface area contributed by atoms with Crippen LogP contribution in [0, 0.1) is 5.92 Å². The number of carbonyl (C=O) groups excluding carboxylic acids is 1. The zero-order chi connectivity index (χ0) is 16.8. The smallest absolute Gasteiger partial charge is 0.220 e. The Labute approximate surface area is 141 Å². The number of ether oxygens (including phenoxy) is 2. The van der Waals surface area contributed by atoms with Gasteiger partial charge in [0.25, 0.3) is 0 Å². The summed E-state index contributed by atoms with van der Waals surface area (Å²) < 4.78 is 12.8. The third-order valence-corrected chi connectivity index (χ3v) is 4.20. The van der Waals surface area contributed by atoms with E-state index in [0.717, 1.165) is 30.9 Å². The molecule has 3 rings (SSSR count). The van der Waals surface area contributed by atoms with E-state index >= 15 is 0 Å². The number of hydrogen-bond acceptors (Lipinski definition) is 4. The van der Waals surface area contributed by atoms with E-state index in [2.05, 4.69) is 10.4 Å². The van der Waals surface area contributed by atoms with Gasteiger partial charge in [0.1, 0.15) is 11.5 Å². The zero-order valence-corrected chi connectivity index (χ0v) is 13.9. The summed E-state index contributed by atoms with van der Waals surface area (Å²) in [6.07, 6.45) is 5.87. The van der Waals surface area contributed by atoms with E-state index < -0.39 is 0 Å². The Morgan fingerprint density at radius 2 is 2.42 bits per heavy atom. The van der Waals surface area contributed by atoms with Crippen LogP contribution in [0.1, 0.15) is 18.4 Å². The van der Waals surface area contributed by atoms with Gasteiger partial charge >= 0.3 is 0 Å².